The SMILES string of the molecule is O=C(Cn1cc(C=Nc2ccc(N3CCOCC3)cc2)c2ccccc21)Nc1ccc(Cl)cc1. The van der Waals surface area contributed by atoms with Gasteiger partial charge < -0.3 is 19.5 Å². The van der Waals surface area contributed by atoms with Crippen molar-refractivity contribution in [3.05, 3.63) is 89.6 Å². The van der Waals surface area contributed by atoms with Crippen molar-refractivity contribution >= 4 is 51.7 Å². The first kappa shape index (κ1) is 22.2. The van der Waals surface area contributed by atoms with Gasteiger partial charge in [0, 0.05) is 58.4 Å². The van der Waals surface area contributed by atoms with E-state index in [1.165, 1.54) is 5.69 Å². The largest absolute Gasteiger partial charge is 0.378 e. The molecule has 0 bridgehead atoms. The fourth-order valence-electron chi connectivity index (χ4n) is 4.11. The summed E-state index contributed by atoms with van der Waals surface area (Å²) in [5.41, 5.74) is 4.73. The van der Waals surface area contributed by atoms with Gasteiger partial charge in [0.05, 0.1) is 18.9 Å². The van der Waals surface area contributed by atoms with Crippen LogP contribution in [0.4, 0.5) is 17.1 Å². The Morgan fingerprint density at radius 2 is 1.74 bits per heavy atom. The van der Waals surface area contributed by atoms with E-state index in [2.05, 4.69) is 27.3 Å². The van der Waals surface area contributed by atoms with Gasteiger partial charge >= 0.3 is 0 Å². The summed E-state index contributed by atoms with van der Waals surface area (Å²) >= 11 is 5.93. The Balaban J connectivity index is 1.32. The van der Waals surface area contributed by atoms with E-state index in [1.807, 2.05) is 53.4 Å². The first-order chi connectivity index (χ1) is 16.7. The maximum Gasteiger partial charge on any atom is 0.244 e. The summed E-state index contributed by atoms with van der Waals surface area (Å²) in [6, 6.07) is 23.4. The highest BCUT2D eigenvalue weighted by molar-refractivity contribution is 6.30. The molecule has 6 nitrogen and oxygen atoms in total. The molecule has 1 amide bonds. The molecule has 172 valence electrons. The van der Waals surface area contributed by atoms with E-state index in [0.29, 0.717) is 10.7 Å². The molecule has 0 aliphatic carbocycles. The molecule has 0 saturated carbocycles. The molecule has 34 heavy (non-hydrogen) atoms. The third kappa shape index (κ3) is 5.14. The van der Waals surface area contributed by atoms with Crippen molar-refractivity contribution in [3.8, 4) is 0 Å². The number of carbonyl (C=O) groups is 1. The summed E-state index contributed by atoms with van der Waals surface area (Å²) < 4.78 is 7.38. The van der Waals surface area contributed by atoms with Gasteiger partial charge in [0.1, 0.15) is 6.54 Å². The quantitative estimate of drug-likeness (QED) is 0.376. The first-order valence-electron chi connectivity index (χ1n) is 11.3. The average Bonchev–Trinajstić information content (AvgIpc) is 3.22. The van der Waals surface area contributed by atoms with Crippen LogP contribution in [0.15, 0.2) is 84.0 Å². The van der Waals surface area contributed by atoms with Crippen LogP contribution in [-0.2, 0) is 16.1 Å². The topological polar surface area (TPSA) is 58.9 Å². The van der Waals surface area contributed by atoms with Gasteiger partial charge in [-0.1, -0.05) is 29.8 Å². The molecule has 1 aliphatic heterocycles. The molecule has 2 heterocycles. The molecule has 4 aromatic rings. The Morgan fingerprint density at radius 1 is 1.00 bits per heavy atom. The van der Waals surface area contributed by atoms with Gasteiger partial charge in [-0.15, -0.1) is 0 Å². The van der Waals surface area contributed by atoms with Crippen molar-refractivity contribution in [2.45, 2.75) is 6.54 Å². The molecule has 0 unspecified atom stereocenters. The monoisotopic (exact) mass is 472 g/mol. The van der Waals surface area contributed by atoms with Gasteiger partial charge in [-0.05, 0) is 54.6 Å². The summed E-state index contributed by atoms with van der Waals surface area (Å²) in [5.74, 6) is -0.106. The molecule has 1 fully saturated rings. The maximum absolute atomic E-state index is 12.7. The number of ether oxygens (including phenoxy) is 1. The Bertz CT molecular complexity index is 1310. The summed E-state index contributed by atoms with van der Waals surface area (Å²) in [6.45, 7) is 3.55. The van der Waals surface area contributed by atoms with Gasteiger partial charge in [-0.2, -0.15) is 0 Å². The number of halogens is 1. The molecule has 0 radical (unpaired) electrons. The predicted molar refractivity (Wildman–Crippen MR) is 139 cm³/mol. The van der Waals surface area contributed by atoms with Crippen molar-refractivity contribution in [1.82, 2.24) is 4.57 Å². The van der Waals surface area contributed by atoms with E-state index in [-0.39, 0.29) is 12.5 Å². The zero-order valence-electron chi connectivity index (χ0n) is 18.7. The van der Waals surface area contributed by atoms with E-state index < -0.39 is 0 Å². The fraction of sp³-hybridized carbons (Fsp3) is 0.185. The van der Waals surface area contributed by atoms with Crippen molar-refractivity contribution in [2.24, 2.45) is 4.99 Å². The number of fused-ring (bicyclic) bond motifs is 1. The van der Waals surface area contributed by atoms with Gasteiger partial charge in [0.15, 0.2) is 0 Å². The lowest BCUT2D eigenvalue weighted by molar-refractivity contribution is -0.116. The van der Waals surface area contributed by atoms with E-state index in [4.69, 9.17) is 16.3 Å². The second-order valence-electron chi connectivity index (χ2n) is 8.16. The number of anilines is 2. The van der Waals surface area contributed by atoms with Crippen LogP contribution >= 0.6 is 11.6 Å². The molecule has 5 rings (SSSR count). The van der Waals surface area contributed by atoms with E-state index >= 15 is 0 Å². The fourth-order valence-corrected chi connectivity index (χ4v) is 4.24. The minimum Gasteiger partial charge on any atom is -0.378 e. The van der Waals surface area contributed by atoms with E-state index in [1.54, 1.807) is 24.3 Å². The van der Waals surface area contributed by atoms with Crippen LogP contribution in [0.1, 0.15) is 5.56 Å². The summed E-state index contributed by atoms with van der Waals surface area (Å²) in [7, 11) is 0. The minimum absolute atomic E-state index is 0.106. The molecule has 3 aromatic carbocycles. The second-order valence-corrected chi connectivity index (χ2v) is 8.60. The molecule has 1 saturated heterocycles. The third-order valence-corrected chi connectivity index (χ3v) is 6.09. The molecular formula is C27H25ClN4O2. The number of morpholine rings is 1. The third-order valence-electron chi connectivity index (χ3n) is 5.84. The van der Waals surface area contributed by atoms with Gasteiger partial charge in [-0.25, -0.2) is 0 Å². The van der Waals surface area contributed by atoms with Gasteiger partial charge in [-0.3, -0.25) is 9.79 Å². The molecule has 0 spiro atoms. The number of amides is 1. The lowest BCUT2D eigenvalue weighted by Crippen LogP contribution is -2.36. The molecule has 1 aliphatic rings. The minimum atomic E-state index is -0.106. The number of nitrogens with one attached hydrogen (secondary N) is 1. The number of rotatable bonds is 6. The van der Waals surface area contributed by atoms with Crippen molar-refractivity contribution < 1.29 is 9.53 Å². The lowest BCUT2D eigenvalue weighted by Gasteiger charge is -2.28. The van der Waals surface area contributed by atoms with Crippen LogP contribution in [-0.4, -0.2) is 43.0 Å². The lowest BCUT2D eigenvalue weighted by atomic mass is 10.2. The van der Waals surface area contributed by atoms with E-state index in [0.717, 1.165) is 48.5 Å². The number of nitrogens with zero attached hydrogens (tertiary/aromatic N) is 3. The maximum atomic E-state index is 12.7. The number of aromatic nitrogens is 1. The number of carbonyl (C=O) groups excluding carboxylic acids is 1. The summed E-state index contributed by atoms with van der Waals surface area (Å²) in [4.78, 5) is 19.7. The van der Waals surface area contributed by atoms with Crippen LogP contribution in [0.5, 0.6) is 0 Å². The van der Waals surface area contributed by atoms with E-state index in [9.17, 15) is 4.79 Å². The van der Waals surface area contributed by atoms with Crippen LogP contribution in [0.3, 0.4) is 0 Å². The summed E-state index contributed by atoms with van der Waals surface area (Å²) in [5, 5.41) is 4.60. The van der Waals surface area contributed by atoms with Crippen molar-refractivity contribution in [2.75, 3.05) is 36.5 Å². The highest BCUT2D eigenvalue weighted by atomic mass is 35.5. The van der Waals surface area contributed by atoms with Gasteiger partial charge in [0.2, 0.25) is 5.91 Å². The molecule has 7 heteroatoms. The number of hydrogen-bond donors (Lipinski definition) is 1. The summed E-state index contributed by atoms with van der Waals surface area (Å²) in [6.07, 6.45) is 3.83. The number of hydrogen-bond acceptors (Lipinski definition) is 4. The Kier molecular flexibility index (Phi) is 6.60. The number of aliphatic imine (C=N–C) groups is 1. The Morgan fingerprint density at radius 3 is 2.50 bits per heavy atom. The highest BCUT2D eigenvalue weighted by Gasteiger charge is 2.12. The zero-order valence-corrected chi connectivity index (χ0v) is 19.4. The molecule has 0 atom stereocenters. The van der Waals surface area contributed by atoms with Crippen LogP contribution in [0.2, 0.25) is 5.02 Å². The molecule has 1 aromatic heterocycles. The van der Waals surface area contributed by atoms with Crippen LogP contribution in [0.25, 0.3) is 10.9 Å². The number of para-hydroxylation sites is 1. The smallest absolute Gasteiger partial charge is 0.244 e. The second kappa shape index (κ2) is 10.1. The average molecular weight is 473 g/mol. The Labute approximate surface area is 203 Å². The Hall–Kier alpha value is -3.61. The number of benzene rings is 3. The van der Waals surface area contributed by atoms with Crippen LogP contribution in [0, 0.1) is 0 Å². The standard InChI is InChI=1S/C27H25ClN4O2/c28-21-5-7-23(8-6-21)30-27(33)19-32-18-20(25-3-1-2-4-26(25)32)17-29-22-9-11-24(12-10-22)31-13-15-34-16-14-31/h1-12,17-18H,13-16,19H2,(H,30,33). The van der Waals surface area contributed by atoms with Crippen molar-refractivity contribution in [3.63, 3.8) is 0 Å². The molecular weight excluding hydrogens is 448 g/mol. The normalized spacial score (nSPS) is 14.1. The zero-order chi connectivity index (χ0) is 23.3. The first-order valence-corrected chi connectivity index (χ1v) is 11.6. The highest BCUT2D eigenvalue weighted by Crippen LogP contribution is 2.23. The van der Waals surface area contributed by atoms with Crippen LogP contribution < -0.4 is 10.2 Å². The van der Waals surface area contributed by atoms with Crippen molar-refractivity contribution in [1.29, 1.82) is 0 Å². The molecule has 1 N–H and O–H groups in total. The van der Waals surface area contributed by atoms with Gasteiger partial charge in [0.25, 0.3) is 0 Å². The predicted octanol–water partition coefficient (Wildman–Crippen LogP) is 5.52.